The SMILES string of the molecule is CN(CCP(C)C)CC1(SS)CCOCC1. The first kappa shape index (κ1) is 15.1. The number of hydrogen-bond donors (Lipinski definition) is 1. The number of thiol groups is 1. The highest BCUT2D eigenvalue weighted by molar-refractivity contribution is 8.69. The van der Waals surface area contributed by atoms with E-state index < -0.39 is 0 Å². The van der Waals surface area contributed by atoms with E-state index in [4.69, 9.17) is 4.74 Å². The number of hydrogen-bond acceptors (Lipinski definition) is 4. The summed E-state index contributed by atoms with van der Waals surface area (Å²) < 4.78 is 5.76. The van der Waals surface area contributed by atoms with E-state index in [1.54, 1.807) is 10.8 Å². The van der Waals surface area contributed by atoms with E-state index in [-0.39, 0.29) is 7.92 Å². The first-order valence-electron chi connectivity index (χ1n) is 5.82. The summed E-state index contributed by atoms with van der Waals surface area (Å²) in [6.07, 6.45) is 3.62. The fraction of sp³-hybridized carbons (Fsp3) is 1.00. The molecule has 1 fully saturated rings. The molecule has 5 heteroatoms. The second kappa shape index (κ2) is 7.48. The van der Waals surface area contributed by atoms with E-state index in [0.29, 0.717) is 4.75 Å². The van der Waals surface area contributed by atoms with Crippen LogP contribution in [0.2, 0.25) is 0 Å². The Kier molecular flexibility index (Phi) is 7.06. The Labute approximate surface area is 110 Å². The Morgan fingerprint density at radius 3 is 2.50 bits per heavy atom. The molecule has 0 unspecified atom stereocenters. The lowest BCUT2D eigenvalue weighted by Crippen LogP contribution is -2.43. The summed E-state index contributed by atoms with van der Waals surface area (Å²) in [5, 5.41) is 0. The number of rotatable bonds is 6. The van der Waals surface area contributed by atoms with E-state index in [2.05, 4.69) is 36.9 Å². The first-order valence-corrected chi connectivity index (χ1v) is 10.1. The van der Waals surface area contributed by atoms with Crippen molar-refractivity contribution in [2.24, 2.45) is 0 Å². The normalized spacial score (nSPS) is 20.6. The Morgan fingerprint density at radius 1 is 1.38 bits per heavy atom. The molecule has 96 valence electrons. The monoisotopic (exact) mass is 281 g/mol. The molecule has 1 aliphatic rings. The summed E-state index contributed by atoms with van der Waals surface area (Å²) >= 11 is 4.47. The third-order valence-corrected chi connectivity index (χ3v) is 6.27. The predicted molar refractivity (Wildman–Crippen MR) is 80.5 cm³/mol. The third kappa shape index (κ3) is 5.14. The van der Waals surface area contributed by atoms with Crippen LogP contribution in [0, 0.1) is 0 Å². The van der Waals surface area contributed by atoms with E-state index in [9.17, 15) is 0 Å². The van der Waals surface area contributed by atoms with Crippen molar-refractivity contribution in [3.8, 4) is 0 Å². The molecule has 0 radical (unpaired) electrons. The molecule has 0 N–H and O–H groups in total. The van der Waals surface area contributed by atoms with E-state index in [0.717, 1.165) is 32.6 Å². The van der Waals surface area contributed by atoms with E-state index in [1.807, 2.05) is 0 Å². The third-order valence-electron chi connectivity index (χ3n) is 3.08. The molecule has 16 heavy (non-hydrogen) atoms. The maximum absolute atomic E-state index is 5.44. The molecule has 0 aromatic heterocycles. The zero-order valence-electron chi connectivity index (χ0n) is 10.6. The molecule has 0 saturated carbocycles. The molecule has 0 atom stereocenters. The molecule has 0 spiro atoms. The van der Waals surface area contributed by atoms with Crippen LogP contribution in [0.25, 0.3) is 0 Å². The van der Waals surface area contributed by atoms with Crippen LogP contribution in [0.1, 0.15) is 12.8 Å². The number of nitrogens with zero attached hydrogens (tertiary/aromatic N) is 1. The van der Waals surface area contributed by atoms with Gasteiger partial charge in [-0.25, -0.2) is 0 Å². The van der Waals surface area contributed by atoms with Crippen LogP contribution >= 0.6 is 30.4 Å². The summed E-state index contributed by atoms with van der Waals surface area (Å²) in [5.74, 6) is 0. The Hall–Kier alpha value is 1.05. The first-order chi connectivity index (χ1) is 7.58. The molecule has 0 aromatic carbocycles. The average molecular weight is 281 g/mol. The summed E-state index contributed by atoms with van der Waals surface area (Å²) in [4.78, 5) is 2.47. The van der Waals surface area contributed by atoms with Gasteiger partial charge in [-0.05, 0) is 39.4 Å². The second-order valence-electron chi connectivity index (χ2n) is 4.93. The lowest BCUT2D eigenvalue weighted by Gasteiger charge is -2.38. The van der Waals surface area contributed by atoms with E-state index >= 15 is 0 Å². The van der Waals surface area contributed by atoms with Gasteiger partial charge in [-0.1, -0.05) is 10.8 Å². The molecule has 0 bridgehead atoms. The second-order valence-corrected chi connectivity index (χ2v) is 9.13. The van der Waals surface area contributed by atoms with Gasteiger partial charge in [0.05, 0.1) is 0 Å². The van der Waals surface area contributed by atoms with Gasteiger partial charge in [0.1, 0.15) is 0 Å². The van der Waals surface area contributed by atoms with Gasteiger partial charge in [0, 0.05) is 31.1 Å². The highest BCUT2D eigenvalue weighted by Crippen LogP contribution is 2.38. The van der Waals surface area contributed by atoms with Gasteiger partial charge in [-0.2, -0.15) is 0 Å². The van der Waals surface area contributed by atoms with Crippen LogP contribution < -0.4 is 0 Å². The summed E-state index contributed by atoms with van der Waals surface area (Å²) in [7, 11) is 4.20. The Bertz CT molecular complexity index is 198. The average Bonchev–Trinajstić information content (AvgIpc) is 2.28. The quantitative estimate of drug-likeness (QED) is 0.457. The lowest BCUT2D eigenvalue weighted by molar-refractivity contribution is 0.0691. The van der Waals surface area contributed by atoms with Crippen molar-refractivity contribution in [2.45, 2.75) is 17.6 Å². The maximum atomic E-state index is 5.44. The maximum Gasteiger partial charge on any atom is 0.0480 e. The molecule has 0 amide bonds. The predicted octanol–water partition coefficient (Wildman–Crippen LogP) is 2.79. The Morgan fingerprint density at radius 2 is 2.00 bits per heavy atom. The fourth-order valence-corrected chi connectivity index (χ4v) is 4.05. The highest BCUT2D eigenvalue weighted by atomic mass is 33.1. The fourth-order valence-electron chi connectivity index (χ4n) is 1.96. The zero-order valence-corrected chi connectivity index (χ0v) is 13.2. The van der Waals surface area contributed by atoms with Crippen LogP contribution in [0.15, 0.2) is 0 Å². The van der Waals surface area contributed by atoms with Crippen molar-refractivity contribution >= 4 is 30.4 Å². The van der Waals surface area contributed by atoms with Crippen LogP contribution in [-0.4, -0.2) is 62.5 Å². The van der Waals surface area contributed by atoms with Gasteiger partial charge in [-0.3, -0.25) is 0 Å². The summed E-state index contributed by atoms with van der Waals surface area (Å²) in [6.45, 7) is 8.86. The van der Waals surface area contributed by atoms with Crippen LogP contribution in [-0.2, 0) is 4.74 Å². The van der Waals surface area contributed by atoms with E-state index in [1.165, 1.54) is 12.7 Å². The molecule has 1 heterocycles. The highest BCUT2D eigenvalue weighted by Gasteiger charge is 2.33. The molecule has 1 rings (SSSR count). The van der Waals surface area contributed by atoms with Crippen molar-refractivity contribution in [1.82, 2.24) is 4.90 Å². The van der Waals surface area contributed by atoms with Crippen molar-refractivity contribution in [2.75, 3.05) is 52.8 Å². The van der Waals surface area contributed by atoms with Crippen molar-refractivity contribution < 1.29 is 4.74 Å². The summed E-state index contributed by atoms with van der Waals surface area (Å²) in [6, 6.07) is 0. The number of ether oxygens (including phenoxy) is 1. The molecule has 2 nitrogen and oxygen atoms in total. The smallest absolute Gasteiger partial charge is 0.0480 e. The minimum Gasteiger partial charge on any atom is -0.381 e. The largest absolute Gasteiger partial charge is 0.381 e. The van der Waals surface area contributed by atoms with Gasteiger partial charge in [0.15, 0.2) is 0 Å². The van der Waals surface area contributed by atoms with Gasteiger partial charge in [-0.15, -0.1) is 19.6 Å². The molecule has 0 aromatic rings. The molecular weight excluding hydrogens is 257 g/mol. The molecule has 1 aliphatic heterocycles. The van der Waals surface area contributed by atoms with Gasteiger partial charge in [0.2, 0.25) is 0 Å². The van der Waals surface area contributed by atoms with Gasteiger partial charge >= 0.3 is 0 Å². The molecule has 1 saturated heterocycles. The summed E-state index contributed by atoms with van der Waals surface area (Å²) in [5.41, 5.74) is 0. The Balaban J connectivity index is 2.36. The van der Waals surface area contributed by atoms with Gasteiger partial charge < -0.3 is 9.64 Å². The minimum absolute atomic E-state index is 0.231. The lowest BCUT2D eigenvalue weighted by atomic mass is 9.98. The zero-order chi connectivity index (χ0) is 12.0. The van der Waals surface area contributed by atoms with Crippen molar-refractivity contribution in [1.29, 1.82) is 0 Å². The standard InChI is InChI=1S/C11H24NOPS2/c1-12(6-9-14(2)3)10-11(16-15)4-7-13-8-5-11/h15H,4-10H2,1-3H3. The van der Waals surface area contributed by atoms with Gasteiger partial charge in [0.25, 0.3) is 0 Å². The minimum atomic E-state index is 0.231. The van der Waals surface area contributed by atoms with Crippen LogP contribution in [0.5, 0.6) is 0 Å². The van der Waals surface area contributed by atoms with Crippen LogP contribution in [0.3, 0.4) is 0 Å². The molecular formula is C11H24NOPS2. The van der Waals surface area contributed by atoms with Crippen molar-refractivity contribution in [3.05, 3.63) is 0 Å². The molecule has 0 aliphatic carbocycles. The van der Waals surface area contributed by atoms with Crippen LogP contribution in [0.4, 0.5) is 0 Å². The van der Waals surface area contributed by atoms with Crippen molar-refractivity contribution in [3.63, 3.8) is 0 Å². The topological polar surface area (TPSA) is 12.5 Å².